The number of nitrogens with two attached hydrogens (primary N) is 2. The van der Waals surface area contributed by atoms with Crippen molar-refractivity contribution in [2.75, 3.05) is 25.4 Å². The Hall–Kier alpha value is -5.19. The van der Waals surface area contributed by atoms with Crippen LogP contribution in [0.5, 0.6) is 0 Å². The van der Waals surface area contributed by atoms with Gasteiger partial charge in [-0.3, -0.25) is 48.4 Å². The molecule has 2 rings (SSSR count). The molecule has 1 unspecified atom stereocenters. The molecule has 14 N–H and O–H groups in total. The van der Waals surface area contributed by atoms with Gasteiger partial charge in [0.05, 0.1) is 31.6 Å². The molecular formula is C37H63N11O11S. The number of amides is 11. The lowest BCUT2D eigenvalue weighted by Crippen LogP contribution is -2.57. The molecule has 0 bridgehead atoms. The molecule has 0 radical (unpaired) electrons. The van der Waals surface area contributed by atoms with Crippen LogP contribution in [0.25, 0.3) is 0 Å². The Bertz CT molecular complexity index is 1550. The highest BCUT2D eigenvalue weighted by atomic mass is 32.2. The maximum atomic E-state index is 13.3. The summed E-state index contributed by atoms with van der Waals surface area (Å²) in [6, 6.07) is -3.64. The number of primary amides is 2. The zero-order valence-corrected chi connectivity index (χ0v) is 35.5. The maximum absolute atomic E-state index is 13.3. The molecule has 2 fully saturated rings. The third-order valence-corrected chi connectivity index (χ3v) is 11.3. The number of carbonyl (C=O) groups excluding carboxylic acids is 10. The molecule has 2 aliphatic heterocycles. The first kappa shape index (κ1) is 51.0. The van der Waals surface area contributed by atoms with E-state index in [4.69, 9.17) is 16.7 Å². The van der Waals surface area contributed by atoms with Crippen molar-refractivity contribution < 1.29 is 53.2 Å². The van der Waals surface area contributed by atoms with E-state index in [9.17, 15) is 47.9 Å². The minimum atomic E-state index is -1.54. The molecular weight excluding hydrogens is 807 g/mol. The van der Waals surface area contributed by atoms with Crippen LogP contribution < -0.4 is 59.5 Å². The van der Waals surface area contributed by atoms with E-state index in [1.807, 2.05) is 25.6 Å². The fourth-order valence-electron chi connectivity index (χ4n) is 6.73. The van der Waals surface area contributed by atoms with Gasteiger partial charge >= 0.3 is 6.03 Å². The van der Waals surface area contributed by atoms with Gasteiger partial charge in [0.25, 0.3) is 0 Å². The molecule has 0 saturated carbocycles. The van der Waals surface area contributed by atoms with Crippen LogP contribution in [0, 0.1) is 17.8 Å². The summed E-state index contributed by atoms with van der Waals surface area (Å²) in [5, 5.41) is 29.9. The monoisotopic (exact) mass is 869 g/mol. The number of hydrogen-bond acceptors (Lipinski definition) is 12. The van der Waals surface area contributed by atoms with Crippen molar-refractivity contribution in [3.63, 3.8) is 0 Å². The Labute approximate surface area is 353 Å². The molecule has 2 heterocycles. The van der Waals surface area contributed by atoms with E-state index in [1.54, 1.807) is 13.8 Å². The average molecular weight is 870 g/mol. The van der Waals surface area contributed by atoms with Crippen LogP contribution in [-0.4, -0.2) is 125 Å². The molecule has 7 atom stereocenters. The third-order valence-electron chi connectivity index (χ3n) is 9.84. The number of unbranched alkanes of at least 4 members (excludes halogenated alkanes) is 2. The van der Waals surface area contributed by atoms with Gasteiger partial charge in [0, 0.05) is 36.3 Å². The van der Waals surface area contributed by atoms with Gasteiger partial charge in [0.1, 0.15) is 18.1 Å². The normalized spacial score (nSPS) is 18.7. The van der Waals surface area contributed by atoms with E-state index in [0.717, 1.165) is 18.6 Å². The predicted molar refractivity (Wildman–Crippen MR) is 218 cm³/mol. The van der Waals surface area contributed by atoms with Crippen LogP contribution in [0.1, 0.15) is 91.9 Å². The molecule has 22 nitrogen and oxygen atoms in total. The average Bonchev–Trinajstić information content (AvgIpc) is 3.73. The molecule has 2 saturated heterocycles. The van der Waals surface area contributed by atoms with Gasteiger partial charge in [-0.2, -0.15) is 11.8 Å². The Kier molecular flexibility index (Phi) is 22.2. The second kappa shape index (κ2) is 26.1. The number of hydrogen-bond donors (Lipinski definition) is 12. The molecule has 0 aromatic rings. The van der Waals surface area contributed by atoms with Crippen LogP contribution in [0.4, 0.5) is 4.79 Å². The van der Waals surface area contributed by atoms with E-state index < -0.39 is 96.7 Å². The molecule has 0 aromatic heterocycles. The number of thioether (sulfide) groups is 1. The molecule has 338 valence electrons. The molecule has 0 aliphatic carbocycles. The van der Waals surface area contributed by atoms with Gasteiger partial charge in [0.2, 0.25) is 53.2 Å². The zero-order valence-electron chi connectivity index (χ0n) is 34.7. The molecule has 0 spiro atoms. The van der Waals surface area contributed by atoms with Crippen molar-refractivity contribution in [3.8, 4) is 0 Å². The summed E-state index contributed by atoms with van der Waals surface area (Å²) >= 11 is 1.83. The lowest BCUT2D eigenvalue weighted by atomic mass is 9.92. The molecule has 2 aliphatic rings. The second-order valence-corrected chi connectivity index (χ2v) is 17.0. The third kappa shape index (κ3) is 18.8. The largest absolute Gasteiger partial charge is 0.370 e. The van der Waals surface area contributed by atoms with Gasteiger partial charge in [-0.1, -0.05) is 34.1 Å². The Morgan fingerprint density at radius 1 is 0.750 bits per heavy atom. The van der Waals surface area contributed by atoms with Crippen molar-refractivity contribution in [3.05, 3.63) is 0 Å². The fourth-order valence-corrected chi connectivity index (χ4v) is 8.27. The minimum Gasteiger partial charge on any atom is -0.370 e. The Morgan fingerprint density at radius 3 is 2.08 bits per heavy atom. The van der Waals surface area contributed by atoms with Crippen molar-refractivity contribution in [1.29, 1.82) is 0 Å². The lowest BCUT2D eigenvalue weighted by molar-refractivity contribution is -0.137. The van der Waals surface area contributed by atoms with Gasteiger partial charge < -0.3 is 54.0 Å². The summed E-state index contributed by atoms with van der Waals surface area (Å²) in [7, 11) is 0. The number of hydroxylamine groups is 1. The summed E-state index contributed by atoms with van der Waals surface area (Å²) in [5.74, 6) is -7.18. The van der Waals surface area contributed by atoms with Crippen LogP contribution in [0.3, 0.4) is 0 Å². The van der Waals surface area contributed by atoms with Crippen LogP contribution >= 0.6 is 11.8 Å². The SMILES string of the molecule is CC(C)CC(CC(=O)NO)C(=O)N[C@H](C(=O)N[C@@H](CC(N)=O)C(=O)NCC(=O)NCC(=O)N[C@@H](CCCCNC(=O)CCCC[C@@H]1SC[C@@H]2NC(=O)N[C@@H]21)C(N)=O)C(C)C. The second-order valence-electron chi connectivity index (χ2n) is 15.8. The van der Waals surface area contributed by atoms with Crippen LogP contribution in [-0.2, 0) is 43.2 Å². The molecule has 0 aromatic carbocycles. The first-order valence-electron chi connectivity index (χ1n) is 20.2. The van der Waals surface area contributed by atoms with Crippen LogP contribution in [0.2, 0.25) is 0 Å². The van der Waals surface area contributed by atoms with E-state index >= 15 is 0 Å². The first-order chi connectivity index (χ1) is 28.3. The zero-order chi connectivity index (χ0) is 44.9. The van der Waals surface area contributed by atoms with Crippen molar-refractivity contribution in [2.24, 2.45) is 29.2 Å². The summed E-state index contributed by atoms with van der Waals surface area (Å²) in [5.41, 5.74) is 12.2. The van der Waals surface area contributed by atoms with Crippen molar-refractivity contribution in [1.82, 2.24) is 48.0 Å². The van der Waals surface area contributed by atoms with E-state index in [1.165, 1.54) is 5.48 Å². The van der Waals surface area contributed by atoms with Gasteiger partial charge in [-0.15, -0.1) is 0 Å². The summed E-state index contributed by atoms with van der Waals surface area (Å²) in [6.07, 6.45) is 3.26. The molecule has 23 heteroatoms. The number of rotatable bonds is 28. The number of urea groups is 1. The van der Waals surface area contributed by atoms with Crippen molar-refractivity contribution >= 4 is 71.0 Å². The van der Waals surface area contributed by atoms with E-state index in [2.05, 4.69) is 42.5 Å². The number of fused-ring (bicyclic) bond motifs is 1. The highest BCUT2D eigenvalue weighted by molar-refractivity contribution is 8.00. The maximum Gasteiger partial charge on any atom is 0.315 e. The highest BCUT2D eigenvalue weighted by Crippen LogP contribution is 2.33. The van der Waals surface area contributed by atoms with E-state index in [0.29, 0.717) is 37.5 Å². The standard InChI is InChI=1S/C37H63N11O11S/c1-19(2)13-21(14-28(51)48-59)34(55)46-31(20(3)4)36(57)44-23(15-26(38)49)35(56)42-16-29(52)41-17-30(53)43-22(33(39)54)9-7-8-12-40-27(50)11-6-5-10-25-32-24(18-60-25)45-37(58)47-32/h19-25,31-32,59H,5-18H2,1-4H3,(H2,38,49)(H2,39,54)(H,40,50)(H,41,52)(H,42,56)(H,43,53)(H,44,57)(H,46,55)(H,48,51)(H2,45,47,58)/t21?,22-,23-,24-,25-,31-,32-/m0/s1. The highest BCUT2D eigenvalue weighted by Gasteiger charge is 2.42. The van der Waals surface area contributed by atoms with Gasteiger partial charge in [-0.25, -0.2) is 10.3 Å². The van der Waals surface area contributed by atoms with Gasteiger partial charge in [0.15, 0.2) is 0 Å². The molecule has 60 heavy (non-hydrogen) atoms. The lowest BCUT2D eigenvalue weighted by Gasteiger charge is -2.27. The summed E-state index contributed by atoms with van der Waals surface area (Å²) < 4.78 is 0. The number of carbonyl (C=O) groups is 10. The number of nitrogens with one attached hydrogen (secondary N) is 9. The first-order valence-corrected chi connectivity index (χ1v) is 21.3. The fraction of sp³-hybridized carbons (Fsp3) is 0.730. The summed E-state index contributed by atoms with van der Waals surface area (Å²) in [6.45, 7) is 6.01. The summed E-state index contributed by atoms with van der Waals surface area (Å²) in [4.78, 5) is 124. The Morgan fingerprint density at radius 2 is 1.45 bits per heavy atom. The Balaban J connectivity index is 1.74. The smallest absolute Gasteiger partial charge is 0.315 e. The predicted octanol–water partition coefficient (Wildman–Crippen LogP) is -2.74. The van der Waals surface area contributed by atoms with Gasteiger partial charge in [-0.05, 0) is 50.4 Å². The minimum absolute atomic E-state index is 0.00960. The quantitative estimate of drug-likeness (QED) is 0.0165. The van der Waals surface area contributed by atoms with Crippen molar-refractivity contribution in [2.45, 2.75) is 127 Å². The molecule has 11 amide bonds. The van der Waals surface area contributed by atoms with E-state index in [-0.39, 0.29) is 49.2 Å². The topological polar surface area (TPSA) is 351 Å². The van der Waals surface area contributed by atoms with Crippen LogP contribution in [0.15, 0.2) is 0 Å².